The number of nitrogens with one attached hydrogen (secondary N) is 1. The van der Waals surface area contributed by atoms with E-state index in [9.17, 15) is 4.79 Å². The first-order valence-electron chi connectivity index (χ1n) is 5.57. The molecule has 2 unspecified atom stereocenters. The number of carboxylic acids is 1. The number of hydrogen-bond acceptors (Lipinski definition) is 4. The first-order chi connectivity index (χ1) is 7.95. The van der Waals surface area contributed by atoms with E-state index in [1.807, 2.05) is 0 Å². The molecule has 0 aromatic carbocycles. The lowest BCUT2D eigenvalue weighted by atomic mass is 9.64. The van der Waals surface area contributed by atoms with Crippen molar-refractivity contribution in [2.75, 3.05) is 12.4 Å². The molecule has 2 atom stereocenters. The van der Waals surface area contributed by atoms with Gasteiger partial charge in [-0.15, -0.1) is 0 Å². The number of furan rings is 1. The van der Waals surface area contributed by atoms with Gasteiger partial charge in [0, 0.05) is 24.6 Å². The molecule has 0 saturated heterocycles. The van der Waals surface area contributed by atoms with E-state index in [1.165, 1.54) is 6.07 Å². The predicted molar refractivity (Wildman–Crippen MR) is 62.3 cm³/mol. The standard InChI is InChI=1S/C12H17NO4/c1-12(2)8(6-9(12)16-3)13-10-5-4-7(17-10)11(14)15/h4-5,8-9,13H,6H2,1-3H3,(H,14,15). The van der Waals surface area contributed by atoms with Gasteiger partial charge in [0.15, 0.2) is 5.88 Å². The van der Waals surface area contributed by atoms with Crippen LogP contribution in [-0.2, 0) is 4.74 Å². The Balaban J connectivity index is 2.00. The number of ether oxygens (including phenoxy) is 1. The zero-order valence-electron chi connectivity index (χ0n) is 10.2. The van der Waals surface area contributed by atoms with Gasteiger partial charge in [0.2, 0.25) is 5.76 Å². The summed E-state index contributed by atoms with van der Waals surface area (Å²) in [6, 6.07) is 3.32. The third kappa shape index (κ3) is 2.02. The highest BCUT2D eigenvalue weighted by atomic mass is 16.5. The maximum atomic E-state index is 10.7. The van der Waals surface area contributed by atoms with Gasteiger partial charge in [-0.25, -0.2) is 4.79 Å². The summed E-state index contributed by atoms with van der Waals surface area (Å²) in [5, 5.41) is 11.9. The van der Waals surface area contributed by atoms with Crippen LogP contribution in [0.2, 0.25) is 0 Å². The molecule has 5 heteroatoms. The molecule has 2 rings (SSSR count). The van der Waals surface area contributed by atoms with E-state index < -0.39 is 5.97 Å². The van der Waals surface area contributed by atoms with Crippen molar-refractivity contribution in [2.45, 2.75) is 32.4 Å². The van der Waals surface area contributed by atoms with Crippen molar-refractivity contribution in [1.29, 1.82) is 0 Å². The number of carbonyl (C=O) groups is 1. The van der Waals surface area contributed by atoms with Gasteiger partial charge >= 0.3 is 5.97 Å². The van der Waals surface area contributed by atoms with E-state index in [2.05, 4.69) is 19.2 Å². The number of aromatic carboxylic acids is 1. The van der Waals surface area contributed by atoms with Gasteiger partial charge in [0.1, 0.15) is 0 Å². The second kappa shape index (κ2) is 4.07. The van der Waals surface area contributed by atoms with E-state index in [-0.39, 0.29) is 23.3 Å². The summed E-state index contributed by atoms with van der Waals surface area (Å²) in [6.45, 7) is 4.23. The Bertz CT molecular complexity index is 424. The molecule has 0 radical (unpaired) electrons. The van der Waals surface area contributed by atoms with Crippen molar-refractivity contribution in [3.8, 4) is 0 Å². The highest BCUT2D eigenvalue weighted by Crippen LogP contribution is 2.44. The van der Waals surface area contributed by atoms with Crippen LogP contribution in [0.4, 0.5) is 5.88 Å². The van der Waals surface area contributed by atoms with Crippen molar-refractivity contribution in [3.05, 3.63) is 17.9 Å². The Hall–Kier alpha value is -1.49. The van der Waals surface area contributed by atoms with Gasteiger partial charge in [-0.2, -0.15) is 0 Å². The monoisotopic (exact) mass is 239 g/mol. The van der Waals surface area contributed by atoms with E-state index in [4.69, 9.17) is 14.3 Å². The van der Waals surface area contributed by atoms with Crippen LogP contribution >= 0.6 is 0 Å². The highest BCUT2D eigenvalue weighted by molar-refractivity contribution is 5.84. The van der Waals surface area contributed by atoms with Crippen LogP contribution in [0.25, 0.3) is 0 Å². The molecule has 1 fully saturated rings. The molecular weight excluding hydrogens is 222 g/mol. The fourth-order valence-corrected chi connectivity index (χ4v) is 2.23. The molecule has 0 bridgehead atoms. The van der Waals surface area contributed by atoms with E-state index in [0.717, 1.165) is 6.42 Å². The molecule has 1 aromatic heterocycles. The van der Waals surface area contributed by atoms with Crippen molar-refractivity contribution in [3.63, 3.8) is 0 Å². The molecule has 1 aliphatic rings. The smallest absolute Gasteiger partial charge is 0.371 e. The quantitative estimate of drug-likeness (QED) is 0.842. The first-order valence-corrected chi connectivity index (χ1v) is 5.57. The minimum Gasteiger partial charge on any atom is -0.475 e. The second-order valence-electron chi connectivity index (χ2n) is 4.95. The molecule has 17 heavy (non-hydrogen) atoms. The van der Waals surface area contributed by atoms with Gasteiger partial charge in [0.05, 0.1) is 6.10 Å². The first kappa shape index (κ1) is 12.0. The third-order valence-corrected chi connectivity index (χ3v) is 3.60. The Labute approximate surface area is 99.8 Å². The molecule has 0 amide bonds. The fourth-order valence-electron chi connectivity index (χ4n) is 2.23. The van der Waals surface area contributed by atoms with E-state index in [1.54, 1.807) is 13.2 Å². The Morgan fingerprint density at radius 2 is 2.29 bits per heavy atom. The highest BCUT2D eigenvalue weighted by Gasteiger charge is 2.48. The largest absolute Gasteiger partial charge is 0.475 e. The topological polar surface area (TPSA) is 71.7 Å². The average molecular weight is 239 g/mol. The van der Waals surface area contributed by atoms with Gasteiger partial charge in [-0.3, -0.25) is 0 Å². The number of methoxy groups -OCH3 is 1. The van der Waals surface area contributed by atoms with E-state index >= 15 is 0 Å². The van der Waals surface area contributed by atoms with Crippen LogP contribution < -0.4 is 5.32 Å². The maximum absolute atomic E-state index is 10.7. The molecule has 1 aromatic rings. The van der Waals surface area contributed by atoms with Crippen molar-refractivity contribution in [1.82, 2.24) is 0 Å². The van der Waals surface area contributed by atoms with Crippen LogP contribution in [0, 0.1) is 5.41 Å². The number of carboxylic acid groups (broad SMARTS) is 1. The molecule has 1 heterocycles. The molecule has 0 aliphatic heterocycles. The molecule has 94 valence electrons. The normalized spacial score (nSPS) is 26.3. The molecule has 1 aliphatic carbocycles. The fraction of sp³-hybridized carbons (Fsp3) is 0.583. The Morgan fingerprint density at radius 3 is 2.76 bits per heavy atom. The molecule has 5 nitrogen and oxygen atoms in total. The number of rotatable bonds is 4. The van der Waals surface area contributed by atoms with Crippen LogP contribution in [0.1, 0.15) is 30.8 Å². The summed E-state index contributed by atoms with van der Waals surface area (Å²) in [7, 11) is 1.71. The lowest BCUT2D eigenvalue weighted by Gasteiger charge is -2.51. The van der Waals surface area contributed by atoms with Gasteiger partial charge in [-0.05, 0) is 12.5 Å². The van der Waals surface area contributed by atoms with Crippen molar-refractivity contribution in [2.24, 2.45) is 5.41 Å². The summed E-state index contributed by atoms with van der Waals surface area (Å²) in [6.07, 6.45) is 1.13. The maximum Gasteiger partial charge on any atom is 0.371 e. The molecule has 2 N–H and O–H groups in total. The van der Waals surface area contributed by atoms with Crippen LogP contribution in [0.3, 0.4) is 0 Å². The summed E-state index contributed by atoms with van der Waals surface area (Å²) in [5.41, 5.74) is 0.0188. The van der Waals surface area contributed by atoms with Crippen LogP contribution in [0.5, 0.6) is 0 Å². The van der Waals surface area contributed by atoms with Crippen molar-refractivity contribution < 1.29 is 19.1 Å². The second-order valence-corrected chi connectivity index (χ2v) is 4.95. The third-order valence-electron chi connectivity index (χ3n) is 3.60. The summed E-state index contributed by atoms with van der Waals surface area (Å²) in [4.78, 5) is 10.7. The summed E-state index contributed by atoms with van der Waals surface area (Å²) >= 11 is 0. The van der Waals surface area contributed by atoms with Gasteiger partial charge in [0.25, 0.3) is 0 Å². The van der Waals surface area contributed by atoms with Gasteiger partial charge in [-0.1, -0.05) is 13.8 Å². The summed E-state index contributed by atoms with van der Waals surface area (Å²) < 4.78 is 10.5. The van der Waals surface area contributed by atoms with Crippen LogP contribution in [-0.4, -0.2) is 30.3 Å². The summed E-state index contributed by atoms with van der Waals surface area (Å²) in [5.74, 6) is -0.608. The molecule has 0 spiro atoms. The minimum atomic E-state index is -1.05. The lowest BCUT2D eigenvalue weighted by Crippen LogP contribution is -2.57. The predicted octanol–water partition coefficient (Wildman–Crippen LogP) is 2.20. The molecular formula is C12H17NO4. The Kier molecular flexibility index (Phi) is 2.87. The number of hydrogen-bond donors (Lipinski definition) is 2. The lowest BCUT2D eigenvalue weighted by molar-refractivity contribution is -0.0799. The van der Waals surface area contributed by atoms with Crippen LogP contribution in [0.15, 0.2) is 16.5 Å². The Morgan fingerprint density at radius 1 is 1.59 bits per heavy atom. The zero-order chi connectivity index (χ0) is 12.6. The zero-order valence-corrected chi connectivity index (χ0v) is 10.2. The molecule has 1 saturated carbocycles. The number of anilines is 1. The van der Waals surface area contributed by atoms with Crippen molar-refractivity contribution >= 4 is 11.9 Å². The SMILES string of the molecule is COC1CC(Nc2ccc(C(=O)O)o2)C1(C)C. The minimum absolute atomic E-state index is 0.0188. The van der Waals surface area contributed by atoms with E-state index in [0.29, 0.717) is 5.88 Å². The average Bonchev–Trinajstić information content (AvgIpc) is 2.72. The van der Waals surface area contributed by atoms with Gasteiger partial charge < -0.3 is 19.6 Å².